The topological polar surface area (TPSA) is 45.2 Å². The summed E-state index contributed by atoms with van der Waals surface area (Å²) in [6.07, 6.45) is 5.41. The van der Waals surface area contributed by atoms with Crippen LogP contribution in [0.2, 0.25) is 0 Å². The lowest BCUT2D eigenvalue weighted by Crippen LogP contribution is -2.53. The molecule has 0 radical (unpaired) electrons. The Bertz CT molecular complexity index is 385. The lowest BCUT2D eigenvalue weighted by atomic mass is 9.98. The quantitative estimate of drug-likeness (QED) is 0.862. The average Bonchev–Trinajstić information content (AvgIpc) is 2.80. The molecule has 2 heterocycles. The number of carbonyl (C=O) groups is 1. The van der Waals surface area contributed by atoms with Gasteiger partial charge in [-0.05, 0) is 45.4 Å². The number of anilines is 1. The molecule has 0 saturated carbocycles. The molecule has 0 bridgehead atoms. The van der Waals surface area contributed by atoms with Gasteiger partial charge in [-0.3, -0.25) is 9.78 Å². The van der Waals surface area contributed by atoms with Crippen molar-refractivity contribution in [3.05, 3.63) is 24.5 Å². The molecule has 92 valence electrons. The minimum Gasteiger partial charge on any atom is -0.311 e. The monoisotopic (exact) mass is 233 g/mol. The molecule has 1 fully saturated rings. The summed E-state index contributed by atoms with van der Waals surface area (Å²) < 4.78 is 0. The van der Waals surface area contributed by atoms with Crippen molar-refractivity contribution in [3.63, 3.8) is 0 Å². The van der Waals surface area contributed by atoms with Gasteiger partial charge in [0.2, 0.25) is 5.91 Å². The number of aromatic nitrogens is 1. The van der Waals surface area contributed by atoms with Crippen LogP contribution < -0.4 is 10.2 Å². The van der Waals surface area contributed by atoms with E-state index < -0.39 is 5.54 Å². The van der Waals surface area contributed by atoms with Crippen LogP contribution in [0.1, 0.15) is 26.7 Å². The van der Waals surface area contributed by atoms with E-state index in [-0.39, 0.29) is 5.91 Å². The van der Waals surface area contributed by atoms with Crippen LogP contribution in [-0.4, -0.2) is 29.5 Å². The van der Waals surface area contributed by atoms with Crippen molar-refractivity contribution in [2.75, 3.05) is 18.0 Å². The number of carbonyl (C=O) groups excluding carboxylic acids is 1. The van der Waals surface area contributed by atoms with E-state index in [0.29, 0.717) is 6.54 Å². The van der Waals surface area contributed by atoms with Crippen LogP contribution in [0.5, 0.6) is 0 Å². The number of hydrogen-bond acceptors (Lipinski definition) is 3. The highest BCUT2D eigenvalue weighted by Gasteiger charge is 2.38. The second-order valence-electron chi connectivity index (χ2n) is 4.62. The molecule has 1 unspecified atom stereocenters. The van der Waals surface area contributed by atoms with E-state index in [0.717, 1.165) is 25.1 Å². The Kier molecular flexibility index (Phi) is 3.43. The third-order valence-corrected chi connectivity index (χ3v) is 3.38. The minimum absolute atomic E-state index is 0.156. The van der Waals surface area contributed by atoms with Gasteiger partial charge in [-0.2, -0.15) is 0 Å². The second-order valence-corrected chi connectivity index (χ2v) is 4.62. The summed E-state index contributed by atoms with van der Waals surface area (Å²) in [7, 11) is 0. The number of nitrogens with zero attached hydrogens (tertiary/aromatic N) is 2. The molecule has 0 spiro atoms. The van der Waals surface area contributed by atoms with Crippen LogP contribution in [-0.2, 0) is 4.79 Å². The Morgan fingerprint density at radius 2 is 2.24 bits per heavy atom. The molecule has 1 aromatic rings. The van der Waals surface area contributed by atoms with Crippen molar-refractivity contribution in [2.45, 2.75) is 32.2 Å². The molecule has 1 aromatic heterocycles. The van der Waals surface area contributed by atoms with Crippen molar-refractivity contribution < 1.29 is 4.79 Å². The zero-order chi connectivity index (χ0) is 12.3. The summed E-state index contributed by atoms with van der Waals surface area (Å²) in [5.41, 5.74) is 0.515. The Morgan fingerprint density at radius 1 is 1.53 bits per heavy atom. The van der Waals surface area contributed by atoms with Crippen molar-refractivity contribution in [3.8, 4) is 0 Å². The van der Waals surface area contributed by atoms with Gasteiger partial charge in [-0.25, -0.2) is 0 Å². The number of amides is 1. The fourth-order valence-corrected chi connectivity index (χ4v) is 2.34. The molecule has 2 rings (SSSR count). The standard InChI is InChI=1S/C13H19N3O/c1-3-16(11-5-9-14-10-6-11)12(17)13(2)7-4-8-15-13/h5-6,9-10,15H,3-4,7-8H2,1-2H3. The van der Waals surface area contributed by atoms with Crippen LogP contribution in [0, 0.1) is 0 Å². The molecular formula is C13H19N3O. The van der Waals surface area contributed by atoms with Gasteiger partial charge in [0.15, 0.2) is 0 Å². The van der Waals surface area contributed by atoms with E-state index >= 15 is 0 Å². The van der Waals surface area contributed by atoms with Crippen LogP contribution >= 0.6 is 0 Å². The number of hydrogen-bond donors (Lipinski definition) is 1. The summed E-state index contributed by atoms with van der Waals surface area (Å²) in [4.78, 5) is 18.3. The summed E-state index contributed by atoms with van der Waals surface area (Å²) >= 11 is 0. The first-order valence-electron chi connectivity index (χ1n) is 6.14. The van der Waals surface area contributed by atoms with Crippen LogP contribution in [0.25, 0.3) is 0 Å². The van der Waals surface area contributed by atoms with E-state index in [1.165, 1.54) is 0 Å². The van der Waals surface area contributed by atoms with Gasteiger partial charge in [0.1, 0.15) is 0 Å². The molecular weight excluding hydrogens is 214 g/mol. The van der Waals surface area contributed by atoms with Crippen LogP contribution in [0.3, 0.4) is 0 Å². The second kappa shape index (κ2) is 4.84. The first-order valence-corrected chi connectivity index (χ1v) is 6.14. The molecule has 1 saturated heterocycles. The maximum Gasteiger partial charge on any atom is 0.246 e. The third kappa shape index (κ3) is 2.31. The van der Waals surface area contributed by atoms with E-state index in [4.69, 9.17) is 0 Å². The zero-order valence-electron chi connectivity index (χ0n) is 10.4. The Morgan fingerprint density at radius 3 is 2.76 bits per heavy atom. The van der Waals surface area contributed by atoms with Gasteiger partial charge in [0, 0.05) is 24.6 Å². The van der Waals surface area contributed by atoms with Crippen LogP contribution in [0.15, 0.2) is 24.5 Å². The molecule has 17 heavy (non-hydrogen) atoms. The summed E-state index contributed by atoms with van der Waals surface area (Å²) in [6, 6.07) is 3.75. The number of pyridine rings is 1. The first-order chi connectivity index (χ1) is 8.17. The van der Waals surface area contributed by atoms with Crippen molar-refractivity contribution in [1.29, 1.82) is 0 Å². The largest absolute Gasteiger partial charge is 0.311 e. The molecule has 1 amide bonds. The molecule has 1 aliphatic rings. The Balaban J connectivity index is 2.22. The Labute approximate surface area is 102 Å². The number of nitrogens with one attached hydrogen (secondary N) is 1. The normalized spacial score (nSPS) is 23.6. The molecule has 4 heteroatoms. The van der Waals surface area contributed by atoms with E-state index in [9.17, 15) is 4.79 Å². The molecule has 0 aromatic carbocycles. The first kappa shape index (κ1) is 12.0. The van der Waals surface area contributed by atoms with Gasteiger partial charge in [-0.15, -0.1) is 0 Å². The van der Waals surface area contributed by atoms with Crippen molar-refractivity contribution >= 4 is 11.6 Å². The van der Waals surface area contributed by atoms with E-state index in [1.54, 1.807) is 12.4 Å². The molecule has 4 nitrogen and oxygen atoms in total. The van der Waals surface area contributed by atoms with Gasteiger partial charge >= 0.3 is 0 Å². The van der Waals surface area contributed by atoms with Gasteiger partial charge in [0.05, 0.1) is 5.54 Å². The van der Waals surface area contributed by atoms with Gasteiger partial charge in [-0.1, -0.05) is 0 Å². The Hall–Kier alpha value is -1.42. The molecule has 0 aliphatic carbocycles. The zero-order valence-corrected chi connectivity index (χ0v) is 10.4. The summed E-state index contributed by atoms with van der Waals surface area (Å²) in [5, 5.41) is 3.31. The summed E-state index contributed by atoms with van der Waals surface area (Å²) in [5.74, 6) is 0.156. The van der Waals surface area contributed by atoms with Crippen LogP contribution in [0.4, 0.5) is 5.69 Å². The van der Waals surface area contributed by atoms with Crippen molar-refractivity contribution in [1.82, 2.24) is 10.3 Å². The maximum atomic E-state index is 12.5. The van der Waals surface area contributed by atoms with Gasteiger partial charge < -0.3 is 10.2 Å². The molecule has 1 atom stereocenters. The third-order valence-electron chi connectivity index (χ3n) is 3.38. The average molecular weight is 233 g/mol. The highest BCUT2D eigenvalue weighted by Crippen LogP contribution is 2.24. The lowest BCUT2D eigenvalue weighted by molar-refractivity contribution is -0.123. The van der Waals surface area contributed by atoms with E-state index in [1.807, 2.05) is 30.9 Å². The molecule has 1 aliphatic heterocycles. The maximum absolute atomic E-state index is 12.5. The number of rotatable bonds is 3. The van der Waals surface area contributed by atoms with Crippen molar-refractivity contribution in [2.24, 2.45) is 0 Å². The minimum atomic E-state index is -0.403. The SMILES string of the molecule is CCN(C(=O)C1(C)CCCN1)c1ccncc1. The summed E-state index contributed by atoms with van der Waals surface area (Å²) in [6.45, 7) is 5.60. The lowest BCUT2D eigenvalue weighted by Gasteiger charge is -2.31. The predicted molar refractivity (Wildman–Crippen MR) is 67.9 cm³/mol. The predicted octanol–water partition coefficient (Wildman–Crippen LogP) is 1.58. The molecule has 1 N–H and O–H groups in total. The fraction of sp³-hybridized carbons (Fsp3) is 0.538. The van der Waals surface area contributed by atoms with E-state index in [2.05, 4.69) is 10.3 Å². The highest BCUT2D eigenvalue weighted by molar-refractivity contribution is 6.00. The smallest absolute Gasteiger partial charge is 0.246 e. The number of likely N-dealkylation sites (N-methyl/N-ethyl adjacent to an activating group) is 1. The highest BCUT2D eigenvalue weighted by atomic mass is 16.2. The fourth-order valence-electron chi connectivity index (χ4n) is 2.34. The van der Waals surface area contributed by atoms with Gasteiger partial charge in [0.25, 0.3) is 0 Å².